The Hall–Kier alpha value is -2.10. The molecule has 0 radical (unpaired) electrons. The van der Waals surface area contributed by atoms with Crippen molar-refractivity contribution in [1.29, 1.82) is 0 Å². The first-order valence-electron chi connectivity index (χ1n) is 8.85. The number of hydrogen-bond donors (Lipinski definition) is 1. The molecule has 1 amide bonds. The van der Waals surface area contributed by atoms with Gasteiger partial charge in [-0.15, -0.1) is 0 Å². The predicted molar refractivity (Wildman–Crippen MR) is 99.9 cm³/mol. The summed E-state index contributed by atoms with van der Waals surface area (Å²) in [5.74, 6) is 1.33. The van der Waals surface area contributed by atoms with Crippen molar-refractivity contribution in [3.63, 3.8) is 0 Å². The van der Waals surface area contributed by atoms with Gasteiger partial charge in [0.15, 0.2) is 0 Å². The van der Waals surface area contributed by atoms with Gasteiger partial charge in [0, 0.05) is 25.4 Å². The monoisotopic (exact) mass is 327 g/mol. The van der Waals surface area contributed by atoms with Crippen LogP contribution in [0.2, 0.25) is 0 Å². The quantitative estimate of drug-likeness (QED) is 0.557. The first-order chi connectivity index (χ1) is 11.5. The maximum Gasteiger partial charge on any atom is 0.222 e. The van der Waals surface area contributed by atoms with Crippen LogP contribution in [-0.2, 0) is 17.8 Å². The van der Waals surface area contributed by atoms with Crippen molar-refractivity contribution in [3.05, 3.63) is 42.2 Å². The lowest BCUT2D eigenvalue weighted by Crippen LogP contribution is -2.28. The highest BCUT2D eigenvalue weighted by atomic mass is 16.1. The Morgan fingerprint density at radius 3 is 2.71 bits per heavy atom. The average molecular weight is 327 g/mol. The number of aromatic nitrogens is 2. The summed E-state index contributed by atoms with van der Waals surface area (Å²) >= 11 is 0. The van der Waals surface area contributed by atoms with Gasteiger partial charge >= 0.3 is 0 Å². The van der Waals surface area contributed by atoms with Gasteiger partial charge in [0.1, 0.15) is 5.82 Å². The van der Waals surface area contributed by atoms with E-state index >= 15 is 0 Å². The summed E-state index contributed by atoms with van der Waals surface area (Å²) in [6.07, 6.45) is 4.14. The van der Waals surface area contributed by atoms with Gasteiger partial charge in [-0.25, -0.2) is 4.98 Å². The molecule has 1 N–H and O–H groups in total. The molecule has 0 aliphatic carbocycles. The maximum absolute atomic E-state index is 11.5. The Kier molecular flexibility index (Phi) is 6.59. The van der Waals surface area contributed by atoms with Crippen molar-refractivity contribution >= 4 is 16.9 Å². The summed E-state index contributed by atoms with van der Waals surface area (Å²) in [4.78, 5) is 16.3. The van der Waals surface area contributed by atoms with Crippen molar-refractivity contribution in [2.24, 2.45) is 5.92 Å². The molecule has 0 spiro atoms. The molecule has 0 aliphatic rings. The van der Waals surface area contributed by atoms with Crippen molar-refractivity contribution < 1.29 is 4.79 Å². The van der Waals surface area contributed by atoms with Gasteiger partial charge in [-0.1, -0.05) is 44.6 Å². The van der Waals surface area contributed by atoms with Crippen LogP contribution in [0.25, 0.3) is 11.0 Å². The number of benzene rings is 1. The zero-order valence-electron chi connectivity index (χ0n) is 15.1. The van der Waals surface area contributed by atoms with Crippen molar-refractivity contribution in [1.82, 2.24) is 14.9 Å². The summed E-state index contributed by atoms with van der Waals surface area (Å²) in [5, 5.41) is 2.97. The lowest BCUT2D eigenvalue weighted by atomic mass is 10.1. The standard InChI is InChI=1S/C20H29N3O/c1-15(2)14-23-18-11-8-7-10-17(18)22-19(23)12-6-5-9-13-21-20(24)16(3)4/h7-8,10-11,16H,1,5-6,9,12-14H2,2-4H3,(H,21,24). The molecule has 4 nitrogen and oxygen atoms in total. The number of carbonyl (C=O) groups is 1. The molecule has 2 aromatic rings. The van der Waals surface area contributed by atoms with E-state index < -0.39 is 0 Å². The minimum absolute atomic E-state index is 0.0621. The van der Waals surface area contributed by atoms with Crippen LogP contribution in [-0.4, -0.2) is 22.0 Å². The fourth-order valence-corrected chi connectivity index (χ4v) is 2.76. The zero-order chi connectivity index (χ0) is 17.5. The molecule has 130 valence electrons. The van der Waals surface area contributed by atoms with Gasteiger partial charge in [0.25, 0.3) is 0 Å². The van der Waals surface area contributed by atoms with E-state index in [0.717, 1.165) is 55.7 Å². The number of imidazole rings is 1. The van der Waals surface area contributed by atoms with E-state index in [4.69, 9.17) is 4.98 Å². The number of nitrogens with one attached hydrogen (secondary N) is 1. The number of fused-ring (bicyclic) bond motifs is 1. The van der Waals surface area contributed by atoms with E-state index in [-0.39, 0.29) is 11.8 Å². The Labute approximate surface area is 145 Å². The van der Waals surface area contributed by atoms with E-state index in [1.807, 2.05) is 19.9 Å². The minimum Gasteiger partial charge on any atom is -0.356 e. The Balaban J connectivity index is 1.88. The van der Waals surface area contributed by atoms with E-state index in [0.29, 0.717) is 0 Å². The molecule has 0 aliphatic heterocycles. The number of amides is 1. The van der Waals surface area contributed by atoms with Crippen LogP contribution in [0.3, 0.4) is 0 Å². The summed E-state index contributed by atoms with van der Waals surface area (Å²) in [6, 6.07) is 8.27. The van der Waals surface area contributed by atoms with Crippen molar-refractivity contribution in [2.75, 3.05) is 6.54 Å². The smallest absolute Gasteiger partial charge is 0.222 e. The van der Waals surface area contributed by atoms with E-state index in [2.05, 4.69) is 41.6 Å². The van der Waals surface area contributed by atoms with E-state index in [1.165, 1.54) is 5.52 Å². The molecule has 1 aromatic carbocycles. The first kappa shape index (κ1) is 18.2. The van der Waals surface area contributed by atoms with Crippen LogP contribution in [0.1, 0.15) is 45.9 Å². The van der Waals surface area contributed by atoms with Gasteiger partial charge in [-0.3, -0.25) is 4.79 Å². The average Bonchev–Trinajstić information content (AvgIpc) is 2.87. The molecule has 0 atom stereocenters. The molecule has 2 rings (SSSR count). The largest absolute Gasteiger partial charge is 0.356 e. The molecule has 0 saturated heterocycles. The molecule has 1 heterocycles. The summed E-state index contributed by atoms with van der Waals surface area (Å²) < 4.78 is 2.28. The van der Waals surface area contributed by atoms with Gasteiger partial charge in [0.05, 0.1) is 11.0 Å². The van der Waals surface area contributed by atoms with Crippen LogP contribution in [0, 0.1) is 5.92 Å². The normalized spacial score (nSPS) is 11.2. The van der Waals surface area contributed by atoms with Crippen LogP contribution in [0.15, 0.2) is 36.4 Å². The third-order valence-corrected chi connectivity index (χ3v) is 4.06. The highest BCUT2D eigenvalue weighted by Gasteiger charge is 2.10. The first-order valence-corrected chi connectivity index (χ1v) is 8.85. The van der Waals surface area contributed by atoms with Crippen LogP contribution < -0.4 is 5.32 Å². The van der Waals surface area contributed by atoms with E-state index in [9.17, 15) is 4.79 Å². The maximum atomic E-state index is 11.5. The number of unbranched alkanes of at least 4 members (excludes halogenated alkanes) is 2. The topological polar surface area (TPSA) is 46.9 Å². The Morgan fingerprint density at radius 1 is 1.25 bits per heavy atom. The third-order valence-electron chi connectivity index (χ3n) is 4.06. The number of para-hydroxylation sites is 2. The summed E-state index contributed by atoms with van der Waals surface area (Å²) in [6.45, 7) is 11.5. The second-order valence-electron chi connectivity index (χ2n) is 6.82. The second-order valence-corrected chi connectivity index (χ2v) is 6.82. The predicted octanol–water partition coefficient (Wildman–Crippen LogP) is 4.10. The highest BCUT2D eigenvalue weighted by molar-refractivity contribution is 5.77. The third kappa shape index (κ3) is 4.95. The summed E-state index contributed by atoms with van der Waals surface area (Å²) in [5.41, 5.74) is 3.37. The number of carbonyl (C=O) groups excluding carboxylic acids is 1. The lowest BCUT2D eigenvalue weighted by Gasteiger charge is -2.09. The Morgan fingerprint density at radius 2 is 2.00 bits per heavy atom. The number of nitrogens with zero attached hydrogens (tertiary/aromatic N) is 2. The van der Waals surface area contributed by atoms with Gasteiger partial charge < -0.3 is 9.88 Å². The van der Waals surface area contributed by atoms with Crippen LogP contribution in [0.4, 0.5) is 0 Å². The number of aryl methyl sites for hydroxylation is 1. The Bertz CT molecular complexity index is 700. The fraction of sp³-hybridized carbons (Fsp3) is 0.500. The van der Waals surface area contributed by atoms with Crippen LogP contribution >= 0.6 is 0 Å². The molecular formula is C20H29N3O. The van der Waals surface area contributed by atoms with Gasteiger partial charge in [0.2, 0.25) is 5.91 Å². The van der Waals surface area contributed by atoms with Crippen molar-refractivity contribution in [3.8, 4) is 0 Å². The number of rotatable bonds is 9. The minimum atomic E-state index is 0.0621. The number of allylic oxidation sites excluding steroid dienone is 1. The fourth-order valence-electron chi connectivity index (χ4n) is 2.76. The molecular weight excluding hydrogens is 298 g/mol. The van der Waals surface area contributed by atoms with Gasteiger partial charge in [-0.05, 0) is 31.9 Å². The molecule has 4 heteroatoms. The van der Waals surface area contributed by atoms with Crippen molar-refractivity contribution in [2.45, 2.75) is 53.0 Å². The molecule has 24 heavy (non-hydrogen) atoms. The molecule has 1 aromatic heterocycles. The summed E-state index contributed by atoms with van der Waals surface area (Å²) in [7, 11) is 0. The molecule has 0 bridgehead atoms. The second kappa shape index (κ2) is 8.67. The molecule has 0 fully saturated rings. The highest BCUT2D eigenvalue weighted by Crippen LogP contribution is 2.19. The lowest BCUT2D eigenvalue weighted by molar-refractivity contribution is -0.123. The van der Waals surface area contributed by atoms with E-state index in [1.54, 1.807) is 0 Å². The molecule has 0 unspecified atom stereocenters. The number of hydrogen-bond acceptors (Lipinski definition) is 2. The SMILES string of the molecule is C=C(C)Cn1c(CCCCCNC(=O)C(C)C)nc2ccccc21. The van der Waals surface area contributed by atoms with Crippen LogP contribution in [0.5, 0.6) is 0 Å². The molecule has 0 saturated carbocycles. The van der Waals surface area contributed by atoms with Gasteiger partial charge in [-0.2, -0.15) is 0 Å². The zero-order valence-corrected chi connectivity index (χ0v) is 15.1.